The van der Waals surface area contributed by atoms with Crippen molar-refractivity contribution in [2.75, 3.05) is 6.26 Å². The van der Waals surface area contributed by atoms with Gasteiger partial charge < -0.3 is 10.3 Å². The van der Waals surface area contributed by atoms with Crippen LogP contribution in [0.4, 0.5) is 0 Å². The second kappa shape index (κ2) is 3.62. The molecule has 66 valence electrons. The first-order chi connectivity index (χ1) is 4.87. The van der Waals surface area contributed by atoms with Crippen molar-refractivity contribution >= 4 is 16.0 Å². The summed E-state index contributed by atoms with van der Waals surface area (Å²) in [7, 11) is -3.63. The summed E-state index contributed by atoms with van der Waals surface area (Å²) >= 11 is 0. The number of sulfonamides is 1. The third kappa shape index (κ3) is 4.67. The fraction of sp³-hybridized carbons (Fsp3) is 0.667. The van der Waals surface area contributed by atoms with Gasteiger partial charge in [0.1, 0.15) is 0 Å². The average Bonchev–Trinajstić information content (AvgIpc) is 1.80. The van der Waals surface area contributed by atoms with Crippen LogP contribution in [0.3, 0.4) is 0 Å². The van der Waals surface area contributed by atoms with E-state index in [9.17, 15) is 13.2 Å². The Morgan fingerprint density at radius 1 is 1.55 bits per heavy atom. The molecule has 0 saturated heterocycles. The lowest BCUT2D eigenvalue weighted by atomic mass is 10.6. The smallest absolute Gasteiger partial charge is 0.338 e. The molecule has 0 amide bonds. The van der Waals surface area contributed by atoms with Gasteiger partial charge in [-0.2, -0.15) is 10.2 Å². The van der Waals surface area contributed by atoms with Gasteiger partial charge in [0, 0.05) is 0 Å². The van der Waals surface area contributed by atoms with E-state index in [4.69, 9.17) is 10.3 Å². The van der Waals surface area contributed by atoms with Crippen molar-refractivity contribution in [3.8, 4) is 0 Å². The quantitative estimate of drug-likeness (QED) is 0.294. The van der Waals surface area contributed by atoms with Gasteiger partial charge in [0.15, 0.2) is 6.17 Å². The number of hydrogen-bond donors (Lipinski definition) is 4. The Bertz CT molecular complexity index is 234. The zero-order valence-corrected chi connectivity index (χ0v) is 6.42. The highest BCUT2D eigenvalue weighted by molar-refractivity contribution is 7.88. The molecular formula is C3H8N2O5S. The predicted molar refractivity (Wildman–Crippen MR) is 34.3 cm³/mol. The molecular weight excluding hydrogens is 176 g/mol. The summed E-state index contributed by atoms with van der Waals surface area (Å²) in [6.07, 6.45) is -0.926. The van der Waals surface area contributed by atoms with Gasteiger partial charge in [-0.3, -0.25) is 0 Å². The molecule has 11 heavy (non-hydrogen) atoms. The van der Waals surface area contributed by atoms with Gasteiger partial charge in [0.05, 0.1) is 6.26 Å². The predicted octanol–water partition coefficient (Wildman–Crippen LogP) is -2.07. The Kier molecular flexibility index (Phi) is 3.39. The Morgan fingerprint density at radius 3 is 2.09 bits per heavy atom. The number of hydroxylamine groups is 1. The van der Waals surface area contributed by atoms with Gasteiger partial charge in [-0.25, -0.2) is 13.2 Å². The monoisotopic (exact) mass is 184 g/mol. The van der Waals surface area contributed by atoms with Crippen LogP contribution in [0.1, 0.15) is 0 Å². The zero-order chi connectivity index (χ0) is 9.07. The number of rotatable bonds is 4. The van der Waals surface area contributed by atoms with Gasteiger partial charge in [-0.05, 0) is 0 Å². The first-order valence-electron chi connectivity index (χ1n) is 2.46. The molecule has 0 fully saturated rings. The number of aliphatic carboxylic acids is 1. The van der Waals surface area contributed by atoms with E-state index in [1.54, 1.807) is 4.72 Å². The van der Waals surface area contributed by atoms with E-state index in [1.165, 1.54) is 5.48 Å². The highest BCUT2D eigenvalue weighted by Gasteiger charge is 2.19. The van der Waals surface area contributed by atoms with Crippen molar-refractivity contribution in [1.29, 1.82) is 0 Å². The van der Waals surface area contributed by atoms with E-state index >= 15 is 0 Å². The van der Waals surface area contributed by atoms with E-state index < -0.39 is 22.2 Å². The SMILES string of the molecule is CS(=O)(=O)NC(NO)C(=O)O. The highest BCUT2D eigenvalue weighted by atomic mass is 32.2. The second-order valence-corrected chi connectivity index (χ2v) is 3.57. The third-order valence-corrected chi connectivity index (χ3v) is 1.37. The van der Waals surface area contributed by atoms with Crippen molar-refractivity contribution in [2.45, 2.75) is 6.17 Å². The van der Waals surface area contributed by atoms with Crippen LogP contribution in [0.5, 0.6) is 0 Å². The molecule has 0 heterocycles. The lowest BCUT2D eigenvalue weighted by Gasteiger charge is -2.09. The summed E-state index contributed by atoms with van der Waals surface area (Å²) < 4.78 is 22.4. The van der Waals surface area contributed by atoms with Gasteiger partial charge in [-0.15, -0.1) is 0 Å². The Labute approximate surface area is 63.0 Å². The minimum absolute atomic E-state index is 0.778. The number of carbonyl (C=O) groups is 1. The van der Waals surface area contributed by atoms with E-state index in [2.05, 4.69) is 0 Å². The average molecular weight is 184 g/mol. The summed E-state index contributed by atoms with van der Waals surface area (Å²) in [6, 6.07) is 0. The number of hydrogen-bond acceptors (Lipinski definition) is 5. The summed E-state index contributed by atoms with van der Waals surface area (Å²) in [4.78, 5) is 10.1. The van der Waals surface area contributed by atoms with Crippen LogP contribution < -0.4 is 10.2 Å². The maximum Gasteiger partial charge on any atom is 0.338 e. The standard InChI is InChI=1S/C3H8N2O5S/c1-11(9,10)5-2(4-8)3(6)7/h2,4-5,8H,1H3,(H,6,7). The summed E-state index contributed by atoms with van der Waals surface area (Å²) in [5, 5.41) is 16.3. The molecule has 7 nitrogen and oxygen atoms in total. The van der Waals surface area contributed by atoms with Crippen LogP contribution in [0.25, 0.3) is 0 Å². The molecule has 0 radical (unpaired) electrons. The number of nitrogens with one attached hydrogen (secondary N) is 2. The van der Waals surface area contributed by atoms with Crippen LogP contribution in [0.15, 0.2) is 0 Å². The van der Waals surface area contributed by atoms with E-state index in [0.717, 1.165) is 6.26 Å². The molecule has 0 aliphatic heterocycles. The van der Waals surface area contributed by atoms with Crippen molar-refractivity contribution in [2.24, 2.45) is 0 Å². The topological polar surface area (TPSA) is 116 Å². The minimum atomic E-state index is -3.63. The van der Waals surface area contributed by atoms with Crippen molar-refractivity contribution in [3.63, 3.8) is 0 Å². The van der Waals surface area contributed by atoms with Gasteiger partial charge in [-0.1, -0.05) is 0 Å². The molecule has 0 bridgehead atoms. The molecule has 0 aliphatic carbocycles. The first-order valence-corrected chi connectivity index (χ1v) is 4.35. The molecule has 0 rings (SSSR count). The molecule has 0 aromatic heterocycles. The zero-order valence-electron chi connectivity index (χ0n) is 5.60. The van der Waals surface area contributed by atoms with Crippen LogP contribution in [0, 0.1) is 0 Å². The normalized spacial score (nSPS) is 14.4. The minimum Gasteiger partial charge on any atom is -0.479 e. The largest absolute Gasteiger partial charge is 0.479 e. The summed E-state index contributed by atoms with van der Waals surface area (Å²) in [6.45, 7) is 0. The molecule has 1 unspecified atom stereocenters. The number of carboxylic acids is 1. The lowest BCUT2D eigenvalue weighted by Crippen LogP contribution is -2.48. The van der Waals surface area contributed by atoms with Crippen molar-refractivity contribution in [1.82, 2.24) is 10.2 Å². The van der Waals surface area contributed by atoms with E-state index in [-0.39, 0.29) is 0 Å². The van der Waals surface area contributed by atoms with Crippen LogP contribution in [0.2, 0.25) is 0 Å². The first kappa shape index (κ1) is 10.3. The Morgan fingerprint density at radius 2 is 2.00 bits per heavy atom. The summed E-state index contributed by atoms with van der Waals surface area (Å²) in [5.41, 5.74) is 1.27. The molecule has 0 aliphatic rings. The van der Waals surface area contributed by atoms with E-state index in [1.807, 2.05) is 0 Å². The van der Waals surface area contributed by atoms with Crippen LogP contribution >= 0.6 is 0 Å². The van der Waals surface area contributed by atoms with Crippen LogP contribution in [-0.4, -0.2) is 37.1 Å². The molecule has 8 heteroatoms. The summed E-state index contributed by atoms with van der Waals surface area (Å²) in [5.74, 6) is -1.52. The highest BCUT2D eigenvalue weighted by Crippen LogP contribution is 1.80. The molecule has 4 N–H and O–H groups in total. The van der Waals surface area contributed by atoms with Crippen molar-refractivity contribution < 1.29 is 23.5 Å². The molecule has 0 aromatic rings. The Balaban J connectivity index is 4.22. The maximum absolute atomic E-state index is 10.4. The third-order valence-electron chi connectivity index (χ3n) is 0.708. The van der Waals surface area contributed by atoms with E-state index in [0.29, 0.717) is 0 Å². The fourth-order valence-corrected chi connectivity index (χ4v) is 0.928. The van der Waals surface area contributed by atoms with Gasteiger partial charge in [0.25, 0.3) is 0 Å². The molecule has 0 aromatic carbocycles. The fourth-order valence-electron chi connectivity index (χ4n) is 0.346. The van der Waals surface area contributed by atoms with Crippen molar-refractivity contribution in [3.05, 3.63) is 0 Å². The molecule has 0 spiro atoms. The van der Waals surface area contributed by atoms with Gasteiger partial charge >= 0.3 is 5.97 Å². The van der Waals surface area contributed by atoms with Gasteiger partial charge in [0.2, 0.25) is 10.0 Å². The van der Waals surface area contributed by atoms with Crippen LogP contribution in [-0.2, 0) is 14.8 Å². The second-order valence-electron chi connectivity index (χ2n) is 1.79. The Hall–Kier alpha value is -0.700. The molecule has 1 atom stereocenters. The molecule has 0 saturated carbocycles. The lowest BCUT2D eigenvalue weighted by molar-refractivity contribution is -0.142. The number of carboxylic acid groups (broad SMARTS) is 1. The maximum atomic E-state index is 10.4.